The molecule has 3 rings (SSSR count). The Bertz CT molecular complexity index is 988. The van der Waals surface area contributed by atoms with Crippen LogP contribution in [-0.4, -0.2) is 48.1 Å². The van der Waals surface area contributed by atoms with Crippen molar-refractivity contribution in [2.24, 2.45) is 11.3 Å². The minimum absolute atomic E-state index is 0.0973. The normalized spacial score (nSPS) is 20.9. The molecule has 2 aromatic rings. The molecule has 1 saturated heterocycles. The Kier molecular flexibility index (Phi) is 7.39. The van der Waals surface area contributed by atoms with Gasteiger partial charge in [-0.15, -0.1) is 0 Å². The van der Waals surface area contributed by atoms with Crippen molar-refractivity contribution < 1.29 is 19.4 Å². The lowest BCUT2D eigenvalue weighted by Gasteiger charge is -2.51. The van der Waals surface area contributed by atoms with Gasteiger partial charge in [0.05, 0.1) is 12.7 Å². The minimum Gasteiger partial charge on any atom is -0.497 e. The van der Waals surface area contributed by atoms with Gasteiger partial charge in [0.1, 0.15) is 11.8 Å². The quantitative estimate of drug-likeness (QED) is 0.658. The first kappa shape index (κ1) is 25.1. The number of piperidine rings is 1. The fourth-order valence-corrected chi connectivity index (χ4v) is 4.57. The maximum Gasteiger partial charge on any atom is 0.251 e. The van der Waals surface area contributed by atoms with Crippen LogP contribution in [0.1, 0.15) is 50.0 Å². The number of hydrogen-bond acceptors (Lipinski definition) is 4. The van der Waals surface area contributed by atoms with Crippen LogP contribution in [0.5, 0.6) is 5.75 Å². The van der Waals surface area contributed by atoms with Gasteiger partial charge < -0.3 is 20.1 Å². The molecule has 7 heteroatoms. The van der Waals surface area contributed by atoms with Gasteiger partial charge in [0, 0.05) is 29.1 Å². The molecule has 178 valence electrons. The Balaban J connectivity index is 1.75. The predicted molar refractivity (Wildman–Crippen MR) is 129 cm³/mol. The van der Waals surface area contributed by atoms with E-state index in [0.29, 0.717) is 35.8 Å². The summed E-state index contributed by atoms with van der Waals surface area (Å²) < 4.78 is 5.14. The largest absolute Gasteiger partial charge is 0.497 e. The van der Waals surface area contributed by atoms with E-state index in [1.54, 1.807) is 48.4 Å². The zero-order chi connectivity index (χ0) is 24.4. The minimum atomic E-state index is -1.09. The number of nitrogens with zero attached hydrogens (tertiary/aromatic N) is 1. The Morgan fingerprint density at radius 1 is 1.09 bits per heavy atom. The van der Waals surface area contributed by atoms with Gasteiger partial charge in [-0.3, -0.25) is 9.59 Å². The first-order valence-corrected chi connectivity index (χ1v) is 11.6. The van der Waals surface area contributed by atoms with Crippen LogP contribution in [0.3, 0.4) is 0 Å². The number of amides is 2. The summed E-state index contributed by atoms with van der Waals surface area (Å²) in [6.07, 6.45) is 0.393. The monoisotopic (exact) mass is 472 g/mol. The van der Waals surface area contributed by atoms with E-state index in [4.69, 9.17) is 16.3 Å². The number of aliphatic hydroxyl groups is 1. The summed E-state index contributed by atoms with van der Waals surface area (Å²) in [6.45, 7) is 8.50. The van der Waals surface area contributed by atoms with Crippen molar-refractivity contribution in [2.75, 3.05) is 20.2 Å². The smallest absolute Gasteiger partial charge is 0.251 e. The Hall–Kier alpha value is -2.57. The maximum absolute atomic E-state index is 13.5. The zero-order valence-electron chi connectivity index (χ0n) is 19.9. The summed E-state index contributed by atoms with van der Waals surface area (Å²) in [5, 5.41) is 15.1. The predicted octanol–water partition coefficient (Wildman–Crippen LogP) is 4.25. The average Bonchev–Trinajstić information content (AvgIpc) is 2.78. The van der Waals surface area contributed by atoms with Gasteiger partial charge in [-0.05, 0) is 54.3 Å². The highest BCUT2D eigenvalue weighted by molar-refractivity contribution is 6.30. The molecule has 1 fully saturated rings. The molecule has 1 aliphatic heterocycles. The van der Waals surface area contributed by atoms with Gasteiger partial charge in [0.2, 0.25) is 5.91 Å². The number of nitrogens with one attached hydrogen (secondary N) is 1. The Labute approximate surface area is 200 Å². The maximum atomic E-state index is 13.5. The lowest BCUT2D eigenvalue weighted by molar-refractivity contribution is -0.155. The van der Waals surface area contributed by atoms with E-state index in [-0.39, 0.29) is 17.7 Å². The van der Waals surface area contributed by atoms with Crippen LogP contribution < -0.4 is 10.1 Å². The lowest BCUT2D eigenvalue weighted by atomic mass is 9.66. The second kappa shape index (κ2) is 9.74. The van der Waals surface area contributed by atoms with Gasteiger partial charge in [-0.1, -0.05) is 51.4 Å². The van der Waals surface area contributed by atoms with E-state index in [1.165, 1.54) is 0 Å². The van der Waals surface area contributed by atoms with Crippen molar-refractivity contribution in [1.29, 1.82) is 0 Å². The molecule has 0 unspecified atom stereocenters. The summed E-state index contributed by atoms with van der Waals surface area (Å²) in [4.78, 5) is 28.0. The van der Waals surface area contributed by atoms with E-state index in [2.05, 4.69) is 5.32 Å². The van der Waals surface area contributed by atoms with Crippen molar-refractivity contribution in [2.45, 2.75) is 45.8 Å². The van der Waals surface area contributed by atoms with E-state index in [0.717, 1.165) is 5.56 Å². The molecule has 0 radical (unpaired) electrons. The summed E-state index contributed by atoms with van der Waals surface area (Å²) >= 11 is 6.02. The van der Waals surface area contributed by atoms with Gasteiger partial charge in [-0.25, -0.2) is 0 Å². The number of methoxy groups -OCH3 is 1. The van der Waals surface area contributed by atoms with Gasteiger partial charge >= 0.3 is 0 Å². The first-order valence-electron chi connectivity index (χ1n) is 11.2. The second-order valence-electron chi connectivity index (χ2n) is 9.68. The molecular formula is C26H33ClN2O4. The highest BCUT2D eigenvalue weighted by Gasteiger charge is 2.50. The molecule has 2 N–H and O–H groups in total. The van der Waals surface area contributed by atoms with Crippen LogP contribution in [0.15, 0.2) is 48.5 Å². The number of hydrogen-bond donors (Lipinski definition) is 2. The van der Waals surface area contributed by atoms with Crippen molar-refractivity contribution in [3.8, 4) is 5.75 Å². The van der Waals surface area contributed by atoms with Crippen molar-refractivity contribution in [3.63, 3.8) is 0 Å². The molecule has 0 spiro atoms. The topological polar surface area (TPSA) is 78.9 Å². The number of ether oxygens (including phenoxy) is 1. The van der Waals surface area contributed by atoms with E-state index in [1.807, 2.05) is 39.8 Å². The third kappa shape index (κ3) is 5.17. The molecule has 2 aromatic carbocycles. The summed E-state index contributed by atoms with van der Waals surface area (Å²) in [5.41, 5.74) is -0.438. The molecule has 2 amide bonds. The van der Waals surface area contributed by atoms with Crippen LogP contribution in [-0.2, 0) is 10.4 Å². The van der Waals surface area contributed by atoms with Gasteiger partial charge in [0.25, 0.3) is 5.91 Å². The fraction of sp³-hybridized carbons (Fsp3) is 0.462. The molecule has 1 heterocycles. The van der Waals surface area contributed by atoms with E-state index >= 15 is 0 Å². The lowest BCUT2D eigenvalue weighted by Crippen LogP contribution is -2.60. The van der Waals surface area contributed by atoms with Crippen LogP contribution in [0.4, 0.5) is 0 Å². The van der Waals surface area contributed by atoms with Crippen molar-refractivity contribution in [3.05, 3.63) is 64.7 Å². The SMILES string of the molecule is COc1ccc(C(=O)N[C@@H](C(=O)N2CC[C@](O)(c3ccc(Cl)cc3)C(C)(C)C2)C(C)C)cc1. The number of carbonyl (C=O) groups excluding carboxylic acids is 2. The Morgan fingerprint density at radius 3 is 2.21 bits per heavy atom. The molecule has 33 heavy (non-hydrogen) atoms. The standard InChI is InChI=1S/C26H33ClN2O4/c1-17(2)22(28-23(30)18-6-12-21(33-5)13-7-18)24(31)29-15-14-26(32,25(3,4)16-29)19-8-10-20(27)11-9-19/h6-13,17,22,32H,14-16H2,1-5H3,(H,28,30)/t22-,26+/m1/s1. The first-order chi connectivity index (χ1) is 15.5. The molecule has 0 aromatic heterocycles. The number of carbonyl (C=O) groups is 2. The zero-order valence-corrected chi connectivity index (χ0v) is 20.6. The molecule has 0 aliphatic carbocycles. The average molecular weight is 473 g/mol. The van der Waals surface area contributed by atoms with Crippen LogP contribution in [0, 0.1) is 11.3 Å². The molecule has 0 bridgehead atoms. The third-order valence-corrected chi connectivity index (χ3v) is 6.91. The number of likely N-dealkylation sites (tertiary alicyclic amines) is 1. The van der Waals surface area contributed by atoms with E-state index in [9.17, 15) is 14.7 Å². The third-order valence-electron chi connectivity index (χ3n) is 6.65. The molecule has 1 aliphatic rings. The highest BCUT2D eigenvalue weighted by atomic mass is 35.5. The summed E-state index contributed by atoms with van der Waals surface area (Å²) in [7, 11) is 1.57. The molecular weight excluding hydrogens is 440 g/mol. The van der Waals surface area contributed by atoms with Crippen LogP contribution >= 0.6 is 11.6 Å². The molecule has 0 saturated carbocycles. The van der Waals surface area contributed by atoms with E-state index < -0.39 is 17.1 Å². The highest BCUT2D eigenvalue weighted by Crippen LogP contribution is 2.46. The van der Waals surface area contributed by atoms with Crippen molar-refractivity contribution in [1.82, 2.24) is 10.2 Å². The van der Waals surface area contributed by atoms with Gasteiger partial charge in [0.15, 0.2) is 0 Å². The number of rotatable bonds is 6. The number of halogens is 1. The number of benzene rings is 2. The molecule has 2 atom stereocenters. The Morgan fingerprint density at radius 2 is 1.70 bits per heavy atom. The fourth-order valence-electron chi connectivity index (χ4n) is 4.45. The van der Waals surface area contributed by atoms with Gasteiger partial charge in [-0.2, -0.15) is 0 Å². The van der Waals surface area contributed by atoms with Crippen molar-refractivity contribution >= 4 is 23.4 Å². The van der Waals surface area contributed by atoms with Crippen LogP contribution in [0.25, 0.3) is 0 Å². The molecule has 6 nitrogen and oxygen atoms in total. The summed E-state index contributed by atoms with van der Waals surface area (Å²) in [5.74, 6) is 0.114. The van der Waals surface area contributed by atoms with Crippen LogP contribution in [0.2, 0.25) is 5.02 Å². The second-order valence-corrected chi connectivity index (χ2v) is 10.1. The summed E-state index contributed by atoms with van der Waals surface area (Å²) in [6, 6.07) is 13.3.